The summed E-state index contributed by atoms with van der Waals surface area (Å²) in [6.07, 6.45) is 5.03. The van der Waals surface area contributed by atoms with E-state index >= 15 is 0 Å². The molecular weight excluding hydrogens is 164 g/mol. The monoisotopic (exact) mass is 172 g/mol. The Morgan fingerprint density at radius 2 is 1.77 bits per heavy atom. The van der Waals surface area contributed by atoms with Crippen molar-refractivity contribution in [1.82, 2.24) is 15.0 Å². The summed E-state index contributed by atoms with van der Waals surface area (Å²) in [4.78, 5) is 12.1. The zero-order valence-corrected chi connectivity index (χ0v) is 6.88. The number of anilines is 1. The molecule has 0 aliphatic rings. The SMILES string of the molecule is Nc1cc(-c2ncccn2)ccn1. The maximum Gasteiger partial charge on any atom is 0.159 e. The lowest BCUT2D eigenvalue weighted by molar-refractivity contribution is 1.17. The van der Waals surface area contributed by atoms with Gasteiger partial charge in [-0.1, -0.05) is 0 Å². The molecule has 13 heavy (non-hydrogen) atoms. The summed E-state index contributed by atoms with van der Waals surface area (Å²) in [5.74, 6) is 1.14. The Labute approximate surface area is 75.5 Å². The molecule has 4 heteroatoms. The minimum atomic E-state index is 0.477. The Bertz CT molecular complexity index is 399. The van der Waals surface area contributed by atoms with Crippen LogP contribution in [0.15, 0.2) is 36.8 Å². The van der Waals surface area contributed by atoms with Crippen LogP contribution in [0.3, 0.4) is 0 Å². The third kappa shape index (κ3) is 1.61. The van der Waals surface area contributed by atoms with E-state index < -0.39 is 0 Å². The highest BCUT2D eigenvalue weighted by Crippen LogP contribution is 2.14. The first kappa shape index (κ1) is 7.67. The van der Waals surface area contributed by atoms with Gasteiger partial charge in [0.25, 0.3) is 0 Å². The van der Waals surface area contributed by atoms with Crippen LogP contribution in [0.25, 0.3) is 11.4 Å². The fourth-order valence-electron chi connectivity index (χ4n) is 1.04. The van der Waals surface area contributed by atoms with Crippen LogP contribution >= 0.6 is 0 Å². The second-order valence-electron chi connectivity index (χ2n) is 2.54. The molecular formula is C9H8N4. The van der Waals surface area contributed by atoms with Gasteiger partial charge >= 0.3 is 0 Å². The summed E-state index contributed by atoms with van der Waals surface area (Å²) >= 11 is 0. The van der Waals surface area contributed by atoms with Gasteiger partial charge in [0.05, 0.1) is 0 Å². The number of hydrogen-bond acceptors (Lipinski definition) is 4. The smallest absolute Gasteiger partial charge is 0.159 e. The topological polar surface area (TPSA) is 64.7 Å². The lowest BCUT2D eigenvalue weighted by atomic mass is 10.2. The van der Waals surface area contributed by atoms with Gasteiger partial charge in [-0.25, -0.2) is 15.0 Å². The molecule has 4 nitrogen and oxygen atoms in total. The first-order valence-electron chi connectivity index (χ1n) is 3.85. The average Bonchev–Trinajstić information content (AvgIpc) is 2.19. The van der Waals surface area contributed by atoms with Crippen LogP contribution < -0.4 is 5.73 Å². The third-order valence-corrected chi connectivity index (χ3v) is 1.61. The van der Waals surface area contributed by atoms with E-state index in [1.54, 1.807) is 30.7 Å². The van der Waals surface area contributed by atoms with Crippen molar-refractivity contribution < 1.29 is 0 Å². The van der Waals surface area contributed by atoms with Crippen LogP contribution in [-0.2, 0) is 0 Å². The lowest BCUT2D eigenvalue weighted by Crippen LogP contribution is -1.91. The quantitative estimate of drug-likeness (QED) is 0.700. The van der Waals surface area contributed by atoms with E-state index in [-0.39, 0.29) is 0 Å². The molecule has 0 aliphatic heterocycles. The normalized spacial score (nSPS) is 9.85. The molecule has 2 aromatic rings. The number of nitrogens with zero attached hydrogens (tertiary/aromatic N) is 3. The molecule has 0 saturated heterocycles. The van der Waals surface area contributed by atoms with Crippen molar-refractivity contribution >= 4 is 5.82 Å². The zero-order chi connectivity index (χ0) is 9.10. The van der Waals surface area contributed by atoms with E-state index in [0.717, 1.165) is 5.56 Å². The van der Waals surface area contributed by atoms with Gasteiger partial charge in [-0.15, -0.1) is 0 Å². The predicted molar refractivity (Wildman–Crippen MR) is 49.7 cm³/mol. The molecule has 0 saturated carbocycles. The van der Waals surface area contributed by atoms with Crippen LogP contribution in [0.5, 0.6) is 0 Å². The van der Waals surface area contributed by atoms with Crippen molar-refractivity contribution in [1.29, 1.82) is 0 Å². The second kappa shape index (κ2) is 3.18. The third-order valence-electron chi connectivity index (χ3n) is 1.61. The number of hydrogen-bond donors (Lipinski definition) is 1. The molecule has 0 radical (unpaired) electrons. The van der Waals surface area contributed by atoms with Gasteiger partial charge < -0.3 is 5.73 Å². The summed E-state index contributed by atoms with van der Waals surface area (Å²) in [6.45, 7) is 0. The molecule has 2 N–H and O–H groups in total. The predicted octanol–water partition coefficient (Wildman–Crippen LogP) is 1.12. The Balaban J connectivity index is 2.48. The Hall–Kier alpha value is -1.97. The Morgan fingerprint density at radius 3 is 2.46 bits per heavy atom. The summed E-state index contributed by atoms with van der Waals surface area (Å²) in [7, 11) is 0. The first-order chi connectivity index (χ1) is 6.36. The van der Waals surface area contributed by atoms with Crippen LogP contribution in [0.1, 0.15) is 0 Å². The van der Waals surface area contributed by atoms with Crippen molar-refractivity contribution in [2.75, 3.05) is 5.73 Å². The van der Waals surface area contributed by atoms with Gasteiger partial charge in [0.1, 0.15) is 5.82 Å². The molecule has 0 bridgehead atoms. The second-order valence-corrected chi connectivity index (χ2v) is 2.54. The standard InChI is InChI=1S/C9H8N4/c10-8-6-7(2-5-11-8)9-12-3-1-4-13-9/h1-6H,(H2,10,11). The molecule has 0 fully saturated rings. The van der Waals surface area contributed by atoms with Gasteiger partial charge in [-0.2, -0.15) is 0 Å². The highest BCUT2D eigenvalue weighted by Gasteiger charge is 1.98. The van der Waals surface area contributed by atoms with Gasteiger partial charge in [-0.3, -0.25) is 0 Å². The van der Waals surface area contributed by atoms with E-state index in [1.807, 2.05) is 6.07 Å². The van der Waals surface area contributed by atoms with Crippen molar-refractivity contribution in [3.05, 3.63) is 36.8 Å². The molecule has 0 aromatic carbocycles. The lowest BCUT2D eigenvalue weighted by Gasteiger charge is -1.98. The number of rotatable bonds is 1. The van der Waals surface area contributed by atoms with E-state index in [2.05, 4.69) is 15.0 Å². The maximum atomic E-state index is 5.53. The summed E-state index contributed by atoms with van der Waals surface area (Å²) in [5.41, 5.74) is 6.41. The number of nitrogen functional groups attached to an aromatic ring is 1. The van der Waals surface area contributed by atoms with Crippen molar-refractivity contribution in [2.24, 2.45) is 0 Å². The molecule has 0 unspecified atom stereocenters. The van der Waals surface area contributed by atoms with Crippen LogP contribution in [0.4, 0.5) is 5.82 Å². The highest BCUT2D eigenvalue weighted by atomic mass is 14.9. The molecule has 0 amide bonds. The molecule has 0 spiro atoms. The molecule has 0 aliphatic carbocycles. The van der Waals surface area contributed by atoms with Gasteiger partial charge in [0.2, 0.25) is 0 Å². The first-order valence-corrected chi connectivity index (χ1v) is 3.85. The fourth-order valence-corrected chi connectivity index (χ4v) is 1.04. The highest BCUT2D eigenvalue weighted by molar-refractivity contribution is 5.57. The largest absolute Gasteiger partial charge is 0.384 e. The minimum absolute atomic E-state index is 0.477. The minimum Gasteiger partial charge on any atom is -0.384 e. The Kier molecular flexibility index (Phi) is 1.88. The van der Waals surface area contributed by atoms with E-state index in [0.29, 0.717) is 11.6 Å². The van der Waals surface area contributed by atoms with Gasteiger partial charge in [0.15, 0.2) is 5.82 Å². The van der Waals surface area contributed by atoms with Crippen molar-refractivity contribution in [2.45, 2.75) is 0 Å². The van der Waals surface area contributed by atoms with Crippen molar-refractivity contribution in [3.8, 4) is 11.4 Å². The van der Waals surface area contributed by atoms with Crippen LogP contribution in [0, 0.1) is 0 Å². The Morgan fingerprint density at radius 1 is 1.00 bits per heavy atom. The maximum absolute atomic E-state index is 5.53. The molecule has 2 rings (SSSR count). The molecule has 64 valence electrons. The number of aromatic nitrogens is 3. The van der Waals surface area contributed by atoms with Gasteiger partial charge in [-0.05, 0) is 18.2 Å². The van der Waals surface area contributed by atoms with Gasteiger partial charge in [0, 0.05) is 24.2 Å². The average molecular weight is 172 g/mol. The molecule has 0 atom stereocenters. The zero-order valence-electron chi connectivity index (χ0n) is 6.88. The fraction of sp³-hybridized carbons (Fsp3) is 0. The number of nitrogens with two attached hydrogens (primary N) is 1. The van der Waals surface area contributed by atoms with E-state index in [4.69, 9.17) is 5.73 Å². The molecule has 2 aromatic heterocycles. The van der Waals surface area contributed by atoms with Crippen LogP contribution in [-0.4, -0.2) is 15.0 Å². The van der Waals surface area contributed by atoms with E-state index in [9.17, 15) is 0 Å². The summed E-state index contributed by atoms with van der Waals surface area (Å²) in [5, 5.41) is 0. The van der Waals surface area contributed by atoms with E-state index in [1.165, 1.54) is 0 Å². The molecule has 2 heterocycles. The summed E-state index contributed by atoms with van der Waals surface area (Å²) in [6, 6.07) is 5.34. The van der Waals surface area contributed by atoms with Crippen molar-refractivity contribution in [3.63, 3.8) is 0 Å². The summed E-state index contributed by atoms with van der Waals surface area (Å²) < 4.78 is 0. The van der Waals surface area contributed by atoms with Crippen LogP contribution in [0.2, 0.25) is 0 Å². The number of pyridine rings is 1.